The lowest BCUT2D eigenvalue weighted by atomic mass is 10.1. The molecule has 0 bridgehead atoms. The summed E-state index contributed by atoms with van der Waals surface area (Å²) in [5.41, 5.74) is 2.32. The summed E-state index contributed by atoms with van der Waals surface area (Å²) in [6, 6.07) is 18.0. The van der Waals surface area contributed by atoms with E-state index in [-0.39, 0.29) is 18.1 Å². The van der Waals surface area contributed by atoms with Crippen molar-refractivity contribution in [1.82, 2.24) is 10.6 Å². The van der Waals surface area contributed by atoms with Gasteiger partial charge in [0.1, 0.15) is 5.75 Å². The summed E-state index contributed by atoms with van der Waals surface area (Å²) in [7, 11) is 0. The predicted octanol–water partition coefficient (Wildman–Crippen LogP) is 4.47. The van der Waals surface area contributed by atoms with Gasteiger partial charge in [0.05, 0.1) is 12.6 Å². The van der Waals surface area contributed by atoms with Crippen LogP contribution in [0, 0.1) is 0 Å². The van der Waals surface area contributed by atoms with Crippen LogP contribution in [-0.4, -0.2) is 18.7 Å². The van der Waals surface area contributed by atoms with E-state index in [0.29, 0.717) is 6.61 Å². The lowest BCUT2D eigenvalue weighted by Gasteiger charge is -2.19. The number of ether oxygens (including phenoxy) is 1. The van der Waals surface area contributed by atoms with Gasteiger partial charge in [-0.3, -0.25) is 0 Å². The molecule has 2 aromatic rings. The molecular formula is C21H28N2O2. The Morgan fingerprint density at radius 1 is 1.04 bits per heavy atom. The van der Waals surface area contributed by atoms with Gasteiger partial charge in [-0.05, 0) is 56.9 Å². The maximum Gasteiger partial charge on any atom is 0.315 e. The molecule has 134 valence electrons. The summed E-state index contributed by atoms with van der Waals surface area (Å²) in [6.07, 6.45) is 1.86. The topological polar surface area (TPSA) is 50.4 Å². The van der Waals surface area contributed by atoms with Crippen molar-refractivity contribution in [2.75, 3.05) is 6.61 Å². The lowest BCUT2D eigenvalue weighted by molar-refractivity contribution is 0.234. The smallest absolute Gasteiger partial charge is 0.315 e. The maximum atomic E-state index is 12.2. The summed E-state index contributed by atoms with van der Waals surface area (Å²) >= 11 is 0. The SMILES string of the molecule is CCOc1cccc(C(C)NC(=O)NC(C)CCc2ccccc2)c1. The van der Waals surface area contributed by atoms with Gasteiger partial charge in [-0.2, -0.15) is 0 Å². The lowest BCUT2D eigenvalue weighted by Crippen LogP contribution is -2.41. The number of nitrogens with one attached hydrogen (secondary N) is 2. The minimum atomic E-state index is -0.144. The highest BCUT2D eigenvalue weighted by Crippen LogP contribution is 2.19. The quantitative estimate of drug-likeness (QED) is 0.745. The van der Waals surface area contributed by atoms with Crippen LogP contribution in [0.25, 0.3) is 0 Å². The molecule has 4 nitrogen and oxygen atoms in total. The van der Waals surface area contributed by atoms with Gasteiger partial charge in [-0.15, -0.1) is 0 Å². The van der Waals surface area contributed by atoms with Crippen LogP contribution in [0.15, 0.2) is 54.6 Å². The third-order valence-corrected chi connectivity index (χ3v) is 4.10. The van der Waals surface area contributed by atoms with E-state index < -0.39 is 0 Å². The monoisotopic (exact) mass is 340 g/mol. The Kier molecular flexibility index (Phi) is 7.33. The maximum absolute atomic E-state index is 12.2. The molecule has 2 aromatic carbocycles. The van der Waals surface area contributed by atoms with Crippen LogP contribution in [0.1, 0.15) is 44.4 Å². The van der Waals surface area contributed by atoms with Crippen LogP contribution >= 0.6 is 0 Å². The second-order valence-corrected chi connectivity index (χ2v) is 6.27. The van der Waals surface area contributed by atoms with Crippen LogP contribution in [0.5, 0.6) is 5.75 Å². The average Bonchev–Trinajstić information content (AvgIpc) is 2.61. The molecule has 2 amide bonds. The Balaban J connectivity index is 1.79. The van der Waals surface area contributed by atoms with E-state index in [0.717, 1.165) is 24.2 Å². The third kappa shape index (κ3) is 6.49. The number of benzene rings is 2. The average molecular weight is 340 g/mol. The summed E-state index contributed by atoms with van der Waals surface area (Å²) < 4.78 is 5.51. The molecule has 0 fully saturated rings. The summed E-state index contributed by atoms with van der Waals surface area (Å²) in [5, 5.41) is 6.00. The highest BCUT2D eigenvalue weighted by atomic mass is 16.5. The minimum Gasteiger partial charge on any atom is -0.494 e. The Morgan fingerprint density at radius 2 is 1.80 bits per heavy atom. The van der Waals surface area contributed by atoms with E-state index in [2.05, 4.69) is 22.8 Å². The number of hydrogen-bond acceptors (Lipinski definition) is 2. The molecule has 0 heterocycles. The van der Waals surface area contributed by atoms with Crippen molar-refractivity contribution in [2.24, 2.45) is 0 Å². The highest BCUT2D eigenvalue weighted by molar-refractivity contribution is 5.74. The molecule has 0 saturated heterocycles. The van der Waals surface area contributed by atoms with E-state index in [9.17, 15) is 4.79 Å². The number of carbonyl (C=O) groups is 1. The van der Waals surface area contributed by atoms with Gasteiger partial charge in [0.25, 0.3) is 0 Å². The summed E-state index contributed by atoms with van der Waals surface area (Å²) in [4.78, 5) is 12.2. The number of rotatable bonds is 8. The van der Waals surface area contributed by atoms with Gasteiger partial charge in [0, 0.05) is 6.04 Å². The van der Waals surface area contributed by atoms with Gasteiger partial charge in [0.2, 0.25) is 0 Å². The van der Waals surface area contributed by atoms with Crippen LogP contribution < -0.4 is 15.4 Å². The van der Waals surface area contributed by atoms with Crippen molar-refractivity contribution >= 4 is 6.03 Å². The number of amides is 2. The minimum absolute atomic E-state index is 0.0817. The number of urea groups is 1. The first kappa shape index (κ1) is 18.8. The first-order valence-corrected chi connectivity index (χ1v) is 8.92. The molecule has 0 saturated carbocycles. The van der Waals surface area contributed by atoms with Gasteiger partial charge in [-0.1, -0.05) is 42.5 Å². The number of aryl methyl sites for hydroxylation is 1. The van der Waals surface area contributed by atoms with Crippen molar-refractivity contribution in [1.29, 1.82) is 0 Å². The van der Waals surface area contributed by atoms with Crippen molar-refractivity contribution in [3.8, 4) is 5.75 Å². The molecule has 2 unspecified atom stereocenters. The molecule has 0 spiro atoms. The Morgan fingerprint density at radius 3 is 2.52 bits per heavy atom. The van der Waals surface area contributed by atoms with Crippen molar-refractivity contribution < 1.29 is 9.53 Å². The van der Waals surface area contributed by atoms with E-state index in [1.165, 1.54) is 5.56 Å². The fraction of sp³-hybridized carbons (Fsp3) is 0.381. The van der Waals surface area contributed by atoms with E-state index in [1.54, 1.807) is 0 Å². The van der Waals surface area contributed by atoms with Crippen LogP contribution in [0.4, 0.5) is 4.79 Å². The Labute approximate surface area is 150 Å². The van der Waals surface area contributed by atoms with Crippen LogP contribution in [0.2, 0.25) is 0 Å². The van der Waals surface area contributed by atoms with Crippen LogP contribution in [0.3, 0.4) is 0 Å². The predicted molar refractivity (Wildman–Crippen MR) is 102 cm³/mol. The Bertz CT molecular complexity index is 658. The molecule has 2 atom stereocenters. The van der Waals surface area contributed by atoms with Crippen molar-refractivity contribution in [3.63, 3.8) is 0 Å². The first-order chi connectivity index (χ1) is 12.1. The zero-order valence-electron chi connectivity index (χ0n) is 15.3. The summed E-state index contributed by atoms with van der Waals surface area (Å²) in [5.74, 6) is 0.824. The summed E-state index contributed by atoms with van der Waals surface area (Å²) in [6.45, 7) is 6.59. The van der Waals surface area contributed by atoms with Gasteiger partial charge in [-0.25, -0.2) is 4.79 Å². The molecule has 0 aliphatic rings. The highest BCUT2D eigenvalue weighted by Gasteiger charge is 2.12. The third-order valence-electron chi connectivity index (χ3n) is 4.10. The fourth-order valence-corrected chi connectivity index (χ4v) is 2.69. The standard InChI is InChI=1S/C21H28N2O2/c1-4-25-20-12-8-11-19(15-20)17(3)23-21(24)22-16(2)13-14-18-9-6-5-7-10-18/h5-12,15-17H,4,13-14H2,1-3H3,(H2,22,23,24). The van der Waals surface area contributed by atoms with Gasteiger partial charge in [0.15, 0.2) is 0 Å². The zero-order chi connectivity index (χ0) is 18.1. The van der Waals surface area contributed by atoms with E-state index in [1.807, 2.05) is 63.2 Å². The van der Waals surface area contributed by atoms with Crippen molar-refractivity contribution in [3.05, 3.63) is 65.7 Å². The van der Waals surface area contributed by atoms with E-state index in [4.69, 9.17) is 4.74 Å². The molecule has 4 heteroatoms. The largest absolute Gasteiger partial charge is 0.494 e. The number of hydrogen-bond donors (Lipinski definition) is 2. The molecule has 0 radical (unpaired) electrons. The number of carbonyl (C=O) groups excluding carboxylic acids is 1. The molecule has 2 N–H and O–H groups in total. The van der Waals surface area contributed by atoms with E-state index >= 15 is 0 Å². The molecule has 2 rings (SSSR count). The molecule has 25 heavy (non-hydrogen) atoms. The second kappa shape index (κ2) is 9.72. The van der Waals surface area contributed by atoms with Crippen molar-refractivity contribution in [2.45, 2.75) is 45.7 Å². The van der Waals surface area contributed by atoms with Crippen LogP contribution in [-0.2, 0) is 6.42 Å². The second-order valence-electron chi connectivity index (χ2n) is 6.27. The zero-order valence-corrected chi connectivity index (χ0v) is 15.3. The molecule has 0 aliphatic carbocycles. The fourth-order valence-electron chi connectivity index (χ4n) is 2.69. The molecular weight excluding hydrogens is 312 g/mol. The normalized spacial score (nSPS) is 12.9. The molecule has 0 aromatic heterocycles. The molecule has 0 aliphatic heterocycles. The van der Waals surface area contributed by atoms with Gasteiger partial charge < -0.3 is 15.4 Å². The first-order valence-electron chi connectivity index (χ1n) is 8.92. The Hall–Kier alpha value is -2.49. The van der Waals surface area contributed by atoms with Gasteiger partial charge >= 0.3 is 6.03 Å².